The second kappa shape index (κ2) is 4.15. The summed E-state index contributed by atoms with van der Waals surface area (Å²) < 4.78 is 0. The van der Waals surface area contributed by atoms with Gasteiger partial charge in [-0.05, 0) is 54.6 Å². The summed E-state index contributed by atoms with van der Waals surface area (Å²) in [5, 5.41) is 0. The first-order valence-electron chi connectivity index (χ1n) is 7.15. The van der Waals surface area contributed by atoms with Crippen molar-refractivity contribution in [2.24, 2.45) is 0 Å². The number of hydrogen-bond donors (Lipinski definition) is 0. The lowest BCUT2D eigenvalue weighted by Gasteiger charge is -2.16. The van der Waals surface area contributed by atoms with Crippen molar-refractivity contribution < 1.29 is 0 Å². The topological polar surface area (TPSA) is 0 Å². The largest absolute Gasteiger partial charge is 0.0683 e. The maximum Gasteiger partial charge on any atom is -0.00744 e. The van der Waals surface area contributed by atoms with Gasteiger partial charge in [-0.15, -0.1) is 0 Å². The molecule has 0 spiro atoms. The normalized spacial score (nSPS) is 22.4. The number of hydrogen-bond acceptors (Lipinski definition) is 0. The summed E-state index contributed by atoms with van der Waals surface area (Å²) in [5.74, 6) is 0. The number of aryl methyl sites for hydroxylation is 1. The zero-order chi connectivity index (χ0) is 12.7. The zero-order valence-electron chi connectivity index (χ0n) is 12.1. The predicted octanol–water partition coefficient (Wildman–Crippen LogP) is 5.12. The molecule has 0 heterocycles. The third-order valence-electron chi connectivity index (χ3n) is 4.47. The smallest absolute Gasteiger partial charge is 0.00744 e. The third kappa shape index (κ3) is 2.41. The Morgan fingerprint density at radius 1 is 0.765 bits per heavy atom. The molecule has 0 nitrogen and oxygen atoms in total. The minimum Gasteiger partial charge on any atom is -0.0683 e. The van der Waals surface area contributed by atoms with Gasteiger partial charge in [-0.1, -0.05) is 51.5 Å². The van der Waals surface area contributed by atoms with Gasteiger partial charge in [-0.3, -0.25) is 0 Å². The van der Waals surface area contributed by atoms with Crippen molar-refractivity contribution in [3.63, 3.8) is 0 Å². The second-order valence-corrected chi connectivity index (χ2v) is 6.21. The van der Waals surface area contributed by atoms with Crippen LogP contribution in [0.3, 0.4) is 0 Å². The molecule has 0 amide bonds. The highest BCUT2D eigenvalue weighted by Gasteiger charge is 2.42. The first-order valence-corrected chi connectivity index (χ1v) is 7.15. The van der Waals surface area contributed by atoms with Gasteiger partial charge in [0.15, 0.2) is 0 Å². The van der Waals surface area contributed by atoms with Gasteiger partial charge in [0.25, 0.3) is 0 Å². The average Bonchev–Trinajstić information content (AvgIpc) is 3.22. The van der Waals surface area contributed by atoms with Gasteiger partial charge in [0.1, 0.15) is 0 Å². The van der Waals surface area contributed by atoms with Gasteiger partial charge in [-0.2, -0.15) is 0 Å². The maximum absolute atomic E-state index is 2.48. The Bertz CT molecular complexity index is 370. The van der Waals surface area contributed by atoms with E-state index in [1.165, 1.54) is 31.2 Å². The Morgan fingerprint density at radius 3 is 1.41 bits per heavy atom. The van der Waals surface area contributed by atoms with Crippen LogP contribution in [0.1, 0.15) is 70.1 Å². The minimum atomic E-state index is 0.520. The molecular formula is C17H26. The van der Waals surface area contributed by atoms with Crippen LogP contribution in [0.25, 0.3) is 0 Å². The van der Waals surface area contributed by atoms with Crippen molar-refractivity contribution in [1.29, 1.82) is 0 Å². The van der Waals surface area contributed by atoms with Crippen LogP contribution in [0.2, 0.25) is 0 Å². The molecule has 2 aliphatic carbocycles. The van der Waals surface area contributed by atoms with E-state index in [0.29, 0.717) is 10.8 Å². The third-order valence-corrected chi connectivity index (χ3v) is 4.47. The summed E-state index contributed by atoms with van der Waals surface area (Å²) in [5.41, 5.74) is 5.66. The Kier molecular flexibility index (Phi) is 3.10. The fourth-order valence-corrected chi connectivity index (χ4v) is 2.43. The number of rotatable bonds is 2. The molecule has 0 unspecified atom stereocenters. The summed E-state index contributed by atoms with van der Waals surface area (Å²) in [6.07, 6.45) is 5.53. The molecule has 0 N–H and O–H groups in total. The highest BCUT2D eigenvalue weighted by atomic mass is 14.5. The van der Waals surface area contributed by atoms with Crippen LogP contribution in [0.15, 0.2) is 18.2 Å². The molecule has 1 aromatic rings. The monoisotopic (exact) mass is 230 g/mol. The van der Waals surface area contributed by atoms with Gasteiger partial charge >= 0.3 is 0 Å². The van der Waals surface area contributed by atoms with E-state index in [9.17, 15) is 0 Å². The second-order valence-electron chi connectivity index (χ2n) is 6.21. The van der Waals surface area contributed by atoms with E-state index in [2.05, 4.69) is 39.0 Å². The molecule has 2 aliphatic rings. The fraction of sp³-hybridized carbons (Fsp3) is 0.647. The van der Waals surface area contributed by atoms with Crippen LogP contribution in [0.4, 0.5) is 0 Å². The molecule has 2 fully saturated rings. The van der Waals surface area contributed by atoms with Crippen molar-refractivity contribution >= 4 is 0 Å². The maximum atomic E-state index is 2.48. The molecule has 3 rings (SSSR count). The molecule has 0 bridgehead atoms. The van der Waals surface area contributed by atoms with Crippen molar-refractivity contribution in [2.45, 2.75) is 71.1 Å². The summed E-state index contributed by atoms with van der Waals surface area (Å²) in [4.78, 5) is 0. The summed E-state index contributed by atoms with van der Waals surface area (Å²) in [6, 6.07) is 7.26. The highest BCUT2D eigenvalue weighted by Crippen LogP contribution is 2.52. The van der Waals surface area contributed by atoms with E-state index >= 15 is 0 Å². The fourth-order valence-electron chi connectivity index (χ4n) is 2.43. The van der Waals surface area contributed by atoms with Gasteiger partial charge in [0.2, 0.25) is 0 Å². The molecule has 0 aromatic heterocycles. The standard InChI is InChI=1S/C15H20.C2H6/c1-11-8-12(14(2)4-5-14)10-13(9-11)15(3)6-7-15;1-2/h8-10H,4-7H2,1-3H3;1-2H3. The first-order chi connectivity index (χ1) is 8.02. The summed E-state index contributed by atoms with van der Waals surface area (Å²) in [6.45, 7) is 11.0. The lowest BCUT2D eigenvalue weighted by molar-refractivity contribution is 0.754. The van der Waals surface area contributed by atoms with Crippen molar-refractivity contribution in [1.82, 2.24) is 0 Å². The van der Waals surface area contributed by atoms with Crippen LogP contribution in [-0.4, -0.2) is 0 Å². The van der Waals surface area contributed by atoms with E-state index in [1.807, 2.05) is 13.8 Å². The SMILES string of the molecule is CC.Cc1cc(C2(C)CC2)cc(C2(C)CC2)c1. The van der Waals surface area contributed by atoms with E-state index < -0.39 is 0 Å². The van der Waals surface area contributed by atoms with Gasteiger partial charge in [-0.25, -0.2) is 0 Å². The Labute approximate surface area is 106 Å². The summed E-state index contributed by atoms with van der Waals surface area (Å²) in [7, 11) is 0. The molecule has 1 aromatic carbocycles. The lowest BCUT2D eigenvalue weighted by Crippen LogP contribution is -2.06. The van der Waals surface area contributed by atoms with Crippen LogP contribution >= 0.6 is 0 Å². The molecule has 2 saturated carbocycles. The Morgan fingerprint density at radius 2 is 1.12 bits per heavy atom. The predicted molar refractivity (Wildman–Crippen MR) is 75.7 cm³/mol. The molecule has 0 heteroatoms. The van der Waals surface area contributed by atoms with E-state index in [4.69, 9.17) is 0 Å². The van der Waals surface area contributed by atoms with Gasteiger partial charge in [0.05, 0.1) is 0 Å². The van der Waals surface area contributed by atoms with Gasteiger partial charge in [0, 0.05) is 0 Å². The van der Waals surface area contributed by atoms with Crippen molar-refractivity contribution in [2.75, 3.05) is 0 Å². The number of benzene rings is 1. The Balaban J connectivity index is 0.000000514. The summed E-state index contributed by atoms with van der Waals surface area (Å²) >= 11 is 0. The van der Waals surface area contributed by atoms with Crippen molar-refractivity contribution in [3.05, 3.63) is 34.9 Å². The molecule has 94 valence electrons. The average molecular weight is 230 g/mol. The Hall–Kier alpha value is -0.780. The molecule has 0 aliphatic heterocycles. The minimum absolute atomic E-state index is 0.520. The van der Waals surface area contributed by atoms with E-state index in [0.717, 1.165) is 0 Å². The quantitative estimate of drug-likeness (QED) is 0.661. The molecule has 0 radical (unpaired) electrons. The van der Waals surface area contributed by atoms with Crippen molar-refractivity contribution in [3.8, 4) is 0 Å². The molecule has 0 saturated heterocycles. The lowest BCUT2D eigenvalue weighted by atomic mass is 9.89. The van der Waals surface area contributed by atoms with Crippen LogP contribution in [-0.2, 0) is 10.8 Å². The van der Waals surface area contributed by atoms with E-state index in [1.54, 1.807) is 11.1 Å². The first kappa shape index (κ1) is 12.7. The highest BCUT2D eigenvalue weighted by molar-refractivity contribution is 5.42. The molecule has 0 atom stereocenters. The van der Waals surface area contributed by atoms with Crippen LogP contribution < -0.4 is 0 Å². The molecular weight excluding hydrogens is 204 g/mol. The van der Waals surface area contributed by atoms with E-state index in [-0.39, 0.29) is 0 Å². The van der Waals surface area contributed by atoms with Gasteiger partial charge < -0.3 is 0 Å². The zero-order valence-corrected chi connectivity index (χ0v) is 12.1. The molecule has 17 heavy (non-hydrogen) atoms. The van der Waals surface area contributed by atoms with Crippen LogP contribution in [0.5, 0.6) is 0 Å². The van der Waals surface area contributed by atoms with Crippen LogP contribution in [0, 0.1) is 6.92 Å².